The highest BCUT2D eigenvalue weighted by Gasteiger charge is 2.43. The second-order valence-electron chi connectivity index (χ2n) is 6.84. The van der Waals surface area contributed by atoms with E-state index in [0.717, 1.165) is 31.6 Å². The molecule has 0 saturated heterocycles. The molecular weight excluding hydrogens is 416 g/mol. The maximum atomic E-state index is 6.18. The minimum atomic E-state index is -0.912. The molecule has 0 radical (unpaired) electrons. The van der Waals surface area contributed by atoms with Gasteiger partial charge in [-0.3, -0.25) is 0 Å². The second kappa shape index (κ2) is 13.7. The van der Waals surface area contributed by atoms with Crippen LogP contribution in [0, 0.1) is 0 Å². The van der Waals surface area contributed by atoms with Crippen molar-refractivity contribution >= 4 is 20.5 Å². The van der Waals surface area contributed by atoms with Gasteiger partial charge in [0, 0.05) is 71.3 Å². The maximum Gasteiger partial charge on any atom is 0.217 e. The van der Waals surface area contributed by atoms with Crippen LogP contribution in [-0.4, -0.2) is 71.6 Å². The molecule has 0 aromatic heterocycles. The second-order valence-corrected chi connectivity index (χ2v) is 8.94. The first-order chi connectivity index (χ1) is 14.4. The lowest BCUT2D eigenvalue weighted by atomic mass is 9.99. The average molecular weight is 459 g/mol. The first-order valence-corrected chi connectivity index (χ1v) is 13.6. The van der Waals surface area contributed by atoms with Gasteiger partial charge in [0.25, 0.3) is 0 Å². The highest BCUT2D eigenvalue weighted by atomic mass is 28.1. The summed E-state index contributed by atoms with van der Waals surface area (Å²) in [5.74, 6) is -1.82. The molecule has 1 aromatic rings. The Morgan fingerprint density at radius 2 is 0.833 bits per heavy atom. The summed E-state index contributed by atoms with van der Waals surface area (Å²) in [5, 5.41) is 0. The van der Waals surface area contributed by atoms with E-state index in [4.69, 9.17) is 28.4 Å². The van der Waals surface area contributed by atoms with Gasteiger partial charge in [0.1, 0.15) is 0 Å². The maximum absolute atomic E-state index is 6.18. The van der Waals surface area contributed by atoms with Crippen molar-refractivity contribution in [1.82, 2.24) is 0 Å². The van der Waals surface area contributed by atoms with Crippen molar-refractivity contribution in [3.8, 4) is 0 Å². The highest BCUT2D eigenvalue weighted by molar-refractivity contribution is 6.12. The third-order valence-electron chi connectivity index (χ3n) is 5.03. The van der Waals surface area contributed by atoms with E-state index in [1.165, 1.54) is 0 Å². The van der Waals surface area contributed by atoms with Crippen molar-refractivity contribution in [2.45, 2.75) is 64.6 Å². The van der Waals surface area contributed by atoms with Crippen LogP contribution in [-0.2, 0) is 40.0 Å². The van der Waals surface area contributed by atoms with Crippen molar-refractivity contribution in [1.29, 1.82) is 0 Å². The molecule has 1 rings (SSSR count). The summed E-state index contributed by atoms with van der Waals surface area (Å²) in [4.78, 5) is 0. The minimum Gasteiger partial charge on any atom is -0.377 e. The first-order valence-electron chi connectivity index (χ1n) is 11.3. The molecule has 30 heavy (non-hydrogen) atoms. The number of rotatable bonds is 16. The molecule has 0 aliphatic heterocycles. The fraction of sp³-hybridized carbons (Fsp3) is 0.727. The Balaban J connectivity index is 3.46. The molecule has 6 nitrogen and oxygen atoms in total. The lowest BCUT2D eigenvalue weighted by molar-refractivity contribution is -0.281. The molecule has 0 heterocycles. The van der Waals surface area contributed by atoms with E-state index in [2.05, 4.69) is 0 Å². The molecule has 0 aliphatic rings. The molecule has 0 amide bonds. The minimum absolute atomic E-state index is 0.133. The van der Waals surface area contributed by atoms with Crippen LogP contribution in [0.2, 0.25) is 0 Å². The normalized spacial score (nSPS) is 14.9. The molecule has 2 unspecified atom stereocenters. The Morgan fingerprint density at radius 3 is 1.03 bits per heavy atom. The van der Waals surface area contributed by atoms with E-state index in [1.54, 1.807) is 0 Å². The summed E-state index contributed by atoms with van der Waals surface area (Å²) < 4.78 is 36.7. The summed E-state index contributed by atoms with van der Waals surface area (Å²) in [6.07, 6.45) is 0. The van der Waals surface area contributed by atoms with Gasteiger partial charge in [0.15, 0.2) is 0 Å². The zero-order valence-electron chi connectivity index (χ0n) is 20.2. The zero-order valence-corrected chi connectivity index (χ0v) is 24.2. The first kappa shape index (κ1) is 27.4. The van der Waals surface area contributed by atoms with Crippen LogP contribution in [0.4, 0.5) is 0 Å². The molecule has 0 aliphatic carbocycles. The number of hydrogen-bond acceptors (Lipinski definition) is 6. The van der Waals surface area contributed by atoms with E-state index < -0.39 is 11.6 Å². The Morgan fingerprint density at radius 1 is 0.567 bits per heavy atom. The molecule has 0 fully saturated rings. The summed E-state index contributed by atoms with van der Waals surface area (Å²) in [5.41, 5.74) is 1.61. The molecule has 0 saturated carbocycles. The standard InChI is InChI=1S/C22H42O6Si2/c1-7-23-19(29)21(25-9-3,26-10-4)17-13-15-18(16-14-17)22(27-11-5,28-12-6)20(30)24-8-2/h13-16,19-20H,7-12H2,1-6,29-30H3. The topological polar surface area (TPSA) is 55.4 Å². The van der Waals surface area contributed by atoms with Crippen LogP contribution in [0.15, 0.2) is 24.3 Å². The highest BCUT2D eigenvalue weighted by Crippen LogP contribution is 2.36. The van der Waals surface area contributed by atoms with Gasteiger partial charge in [-0.1, -0.05) is 24.3 Å². The summed E-state index contributed by atoms with van der Waals surface area (Å²) in [7, 11) is 1.54. The van der Waals surface area contributed by atoms with Gasteiger partial charge in [-0.2, -0.15) is 0 Å². The Labute approximate surface area is 188 Å². The monoisotopic (exact) mass is 458 g/mol. The van der Waals surface area contributed by atoms with Crippen molar-refractivity contribution in [2.24, 2.45) is 0 Å². The number of hydrogen-bond donors (Lipinski definition) is 0. The van der Waals surface area contributed by atoms with E-state index in [-0.39, 0.29) is 11.5 Å². The van der Waals surface area contributed by atoms with Crippen LogP contribution >= 0.6 is 0 Å². The van der Waals surface area contributed by atoms with Gasteiger partial charge in [-0.25, -0.2) is 0 Å². The molecule has 0 spiro atoms. The van der Waals surface area contributed by atoms with Crippen LogP contribution in [0.1, 0.15) is 52.7 Å². The van der Waals surface area contributed by atoms with Gasteiger partial charge in [-0.15, -0.1) is 0 Å². The van der Waals surface area contributed by atoms with Gasteiger partial charge in [0.05, 0.1) is 11.5 Å². The Bertz CT molecular complexity index is 520. The SMILES string of the molecule is CCOC([SiH3])C(OCC)(OCC)c1ccc(C(OCC)(OCC)C([SiH3])OCC)cc1. The van der Waals surface area contributed by atoms with E-state index in [9.17, 15) is 0 Å². The van der Waals surface area contributed by atoms with Crippen LogP contribution in [0.5, 0.6) is 0 Å². The summed E-state index contributed by atoms with van der Waals surface area (Å²) in [6.45, 7) is 15.2. The van der Waals surface area contributed by atoms with Crippen LogP contribution < -0.4 is 0 Å². The Kier molecular flexibility index (Phi) is 12.6. The predicted octanol–water partition coefficient (Wildman–Crippen LogP) is 1.59. The van der Waals surface area contributed by atoms with Gasteiger partial charge < -0.3 is 28.4 Å². The van der Waals surface area contributed by atoms with Gasteiger partial charge in [0.2, 0.25) is 11.6 Å². The lowest BCUT2D eigenvalue weighted by Crippen LogP contribution is -2.48. The molecule has 2 atom stereocenters. The smallest absolute Gasteiger partial charge is 0.217 e. The predicted molar refractivity (Wildman–Crippen MR) is 127 cm³/mol. The fourth-order valence-corrected chi connectivity index (χ4v) is 5.87. The van der Waals surface area contributed by atoms with E-state index >= 15 is 0 Å². The largest absolute Gasteiger partial charge is 0.377 e. The molecule has 1 aromatic carbocycles. The summed E-state index contributed by atoms with van der Waals surface area (Å²) >= 11 is 0. The van der Waals surface area contributed by atoms with E-state index in [0.29, 0.717) is 39.6 Å². The molecule has 0 N–H and O–H groups in total. The average Bonchev–Trinajstić information content (AvgIpc) is 2.73. The van der Waals surface area contributed by atoms with Crippen LogP contribution in [0.25, 0.3) is 0 Å². The zero-order chi connectivity index (χ0) is 22.6. The third kappa shape index (κ3) is 6.23. The van der Waals surface area contributed by atoms with E-state index in [1.807, 2.05) is 65.8 Å². The fourth-order valence-electron chi connectivity index (χ4n) is 3.87. The number of ether oxygens (including phenoxy) is 6. The third-order valence-corrected chi connectivity index (χ3v) is 7.22. The quantitative estimate of drug-likeness (QED) is 0.277. The molecule has 174 valence electrons. The van der Waals surface area contributed by atoms with Crippen LogP contribution in [0.3, 0.4) is 0 Å². The Hall–Kier alpha value is -0.586. The number of benzene rings is 1. The molecule has 0 bridgehead atoms. The lowest BCUT2D eigenvalue weighted by Gasteiger charge is -2.40. The van der Waals surface area contributed by atoms with Gasteiger partial charge >= 0.3 is 0 Å². The summed E-state index contributed by atoms with van der Waals surface area (Å²) in [6, 6.07) is 8.16. The van der Waals surface area contributed by atoms with Crippen molar-refractivity contribution < 1.29 is 28.4 Å². The van der Waals surface area contributed by atoms with Gasteiger partial charge in [-0.05, 0) is 41.5 Å². The van der Waals surface area contributed by atoms with Crippen molar-refractivity contribution in [3.05, 3.63) is 35.4 Å². The molecular formula is C22H42O6Si2. The molecule has 8 heteroatoms. The van der Waals surface area contributed by atoms with Crippen molar-refractivity contribution in [3.63, 3.8) is 0 Å². The van der Waals surface area contributed by atoms with Crippen molar-refractivity contribution in [2.75, 3.05) is 39.6 Å².